The first-order valence-corrected chi connectivity index (χ1v) is 24.0. The van der Waals surface area contributed by atoms with Crippen molar-refractivity contribution in [2.45, 2.75) is 150 Å². The summed E-state index contributed by atoms with van der Waals surface area (Å²) >= 11 is 0. The number of fused-ring (bicyclic) bond motifs is 1. The van der Waals surface area contributed by atoms with E-state index in [0.29, 0.717) is 44.9 Å². The summed E-state index contributed by atoms with van der Waals surface area (Å²) in [5.74, 6) is -0.660. The first kappa shape index (κ1) is 40.1. The zero-order valence-corrected chi connectivity index (χ0v) is 45.5. The molecule has 8 aromatic rings. The maximum absolute atomic E-state index is 12.6. The summed E-state index contributed by atoms with van der Waals surface area (Å²) in [7, 11) is 0. The average molecular weight is 1120 g/mol. The standard InChI is InChI=1S/C65H74N3O.Pt/c1-40(2)52-38-50(65(15,16)17)39-54(59(52)69)60-67-58-51(19-18-20-57(58)68(60)56-30-29-48(63(9,10)11)37-53(56)42-23-27-47(28-24-42)62(6,7)8)44-33-45(35-49(34-44)64(12,13)14)55-36-43(31-32-66-55)41-21-25-46(26-22-41)61(3,4)5;/h18-32,34-40,69H,1-17H3;/q-1;/i3D3,4D3,5D3,40D;. The SMILES string of the molecule is [2H]C(C)(C)c1cc(C(C)(C)C)cc(-c2nc3c(-c4[c-]c(-c5cc(-c6ccc(C(C([2H])([2H])[2H])(C([2H])([2H])[2H])C([2H])([2H])[2H])cc6)ccn5)cc(C(C)(C)C)c4)cccc3n2-c2ccc(C(C)(C)C)cc2-c2ccc(C(C)(C)C)cc2)c1O.[Pt]. The van der Waals surface area contributed by atoms with Gasteiger partial charge in [-0.05, 0) is 108 Å². The van der Waals surface area contributed by atoms with E-state index in [1.54, 1.807) is 38.2 Å². The van der Waals surface area contributed by atoms with Crippen LogP contribution in [-0.2, 0) is 48.1 Å². The summed E-state index contributed by atoms with van der Waals surface area (Å²) < 4.78 is 85.6. The van der Waals surface area contributed by atoms with Crippen LogP contribution in [-0.4, -0.2) is 19.6 Å². The van der Waals surface area contributed by atoms with Gasteiger partial charge in [0.2, 0.25) is 0 Å². The van der Waals surface area contributed by atoms with Gasteiger partial charge in [0.1, 0.15) is 11.6 Å². The van der Waals surface area contributed by atoms with E-state index < -0.39 is 31.9 Å². The maximum atomic E-state index is 12.6. The molecule has 0 amide bonds. The molecule has 0 radical (unpaired) electrons. The second-order valence-corrected chi connectivity index (χ2v) is 23.1. The molecule has 0 spiro atoms. The molecule has 5 heteroatoms. The second kappa shape index (κ2) is 18.9. The van der Waals surface area contributed by atoms with E-state index in [9.17, 15) is 6.48 Å². The summed E-state index contributed by atoms with van der Waals surface area (Å²) in [5, 5.41) is 12.6. The summed E-state index contributed by atoms with van der Waals surface area (Å²) in [6, 6.07) is 42.7. The molecule has 0 atom stereocenters. The number of imidazole rings is 1. The van der Waals surface area contributed by atoms with Crippen LogP contribution in [0.3, 0.4) is 0 Å². The van der Waals surface area contributed by atoms with Crippen molar-refractivity contribution in [3.05, 3.63) is 167 Å². The quantitative estimate of drug-likeness (QED) is 0.162. The number of aromatic hydroxyl groups is 1. The van der Waals surface area contributed by atoms with Crippen molar-refractivity contribution in [3.8, 4) is 67.5 Å². The van der Waals surface area contributed by atoms with Gasteiger partial charge in [-0.3, -0.25) is 9.55 Å². The van der Waals surface area contributed by atoms with Crippen LogP contribution >= 0.6 is 0 Å². The first-order valence-electron chi connectivity index (χ1n) is 29.0. The smallest absolute Gasteiger partial charge is 0.148 e. The van der Waals surface area contributed by atoms with Gasteiger partial charge in [-0.2, -0.15) is 0 Å². The van der Waals surface area contributed by atoms with Gasteiger partial charge in [0.25, 0.3) is 0 Å². The number of hydrogen-bond donors (Lipinski definition) is 1. The Kier molecular flexibility index (Phi) is 10.8. The van der Waals surface area contributed by atoms with Crippen LogP contribution in [0, 0.1) is 6.07 Å². The number of phenols is 1. The van der Waals surface area contributed by atoms with Gasteiger partial charge in [-0.1, -0.05) is 207 Å². The van der Waals surface area contributed by atoms with E-state index in [2.05, 4.69) is 154 Å². The van der Waals surface area contributed by atoms with E-state index in [1.165, 1.54) is 17.7 Å². The fourth-order valence-corrected chi connectivity index (χ4v) is 8.89. The van der Waals surface area contributed by atoms with Crippen LogP contribution < -0.4 is 0 Å². The van der Waals surface area contributed by atoms with Crippen LogP contribution in [0.2, 0.25) is 0 Å². The van der Waals surface area contributed by atoms with Gasteiger partial charge in [0.05, 0.1) is 22.3 Å². The van der Waals surface area contributed by atoms with E-state index in [-0.39, 0.29) is 54.0 Å². The van der Waals surface area contributed by atoms with E-state index in [1.807, 2.05) is 30.3 Å². The topological polar surface area (TPSA) is 50.9 Å². The van der Waals surface area contributed by atoms with Crippen molar-refractivity contribution in [1.29, 1.82) is 0 Å². The summed E-state index contributed by atoms with van der Waals surface area (Å²) in [4.78, 5) is 10.4. The van der Waals surface area contributed by atoms with Gasteiger partial charge >= 0.3 is 0 Å². The zero-order chi connectivity index (χ0) is 58.6. The maximum Gasteiger partial charge on any atom is 0.148 e. The number of aromatic nitrogens is 3. The Morgan fingerprint density at radius 1 is 0.543 bits per heavy atom. The molecule has 0 unspecified atom stereocenters. The predicted molar refractivity (Wildman–Crippen MR) is 294 cm³/mol. The molecule has 0 fully saturated rings. The minimum Gasteiger partial charge on any atom is -0.507 e. The van der Waals surface area contributed by atoms with E-state index in [0.717, 1.165) is 50.1 Å². The number of rotatable bonds is 7. The Morgan fingerprint density at radius 2 is 1.09 bits per heavy atom. The van der Waals surface area contributed by atoms with Gasteiger partial charge in [-0.25, -0.2) is 4.98 Å². The Balaban J connectivity index is 0.00000924. The van der Waals surface area contributed by atoms with E-state index in [4.69, 9.17) is 22.3 Å². The van der Waals surface area contributed by atoms with Gasteiger partial charge in [-0.15, -0.1) is 29.3 Å². The normalized spacial score (nSPS) is 15.5. The number of benzene rings is 6. The first-order chi connectivity index (χ1) is 36.1. The molecule has 0 aliphatic rings. The molecule has 366 valence electrons. The molecule has 0 bridgehead atoms. The number of pyridine rings is 1. The number of phenolic OH excluding ortho intramolecular Hbond substituents is 1. The largest absolute Gasteiger partial charge is 0.507 e. The van der Waals surface area contributed by atoms with Crippen LogP contribution in [0.15, 0.2) is 128 Å². The molecule has 2 heterocycles. The molecule has 0 aliphatic heterocycles. The number of para-hydroxylation sites is 1. The molecule has 1 N–H and O–H groups in total. The minimum atomic E-state index is -3.38. The molecule has 2 aromatic heterocycles. The zero-order valence-electron chi connectivity index (χ0n) is 53.2. The minimum absolute atomic E-state index is 0. The Morgan fingerprint density at radius 3 is 1.67 bits per heavy atom. The van der Waals surface area contributed by atoms with Crippen molar-refractivity contribution in [2.24, 2.45) is 0 Å². The summed E-state index contributed by atoms with van der Waals surface area (Å²) in [6.07, 6.45) is 1.66. The molecule has 0 aliphatic carbocycles. The Labute approximate surface area is 448 Å². The van der Waals surface area contributed by atoms with Gasteiger partial charge in [0.15, 0.2) is 0 Å². The third-order valence-electron chi connectivity index (χ3n) is 13.3. The second-order valence-electron chi connectivity index (χ2n) is 23.1. The fraction of sp³-hybridized carbons (Fsp3) is 0.354. The molecular formula is C65H74N3OPt-. The summed E-state index contributed by atoms with van der Waals surface area (Å²) in [6.45, 7) is 19.5. The Hall–Kier alpha value is -5.57. The molecule has 0 saturated heterocycles. The van der Waals surface area contributed by atoms with E-state index >= 15 is 0 Å². The van der Waals surface area contributed by atoms with Crippen LogP contribution in [0.5, 0.6) is 5.75 Å². The Bertz CT molecular complexity index is 3560. The molecule has 70 heavy (non-hydrogen) atoms. The molecule has 8 rings (SSSR count). The molecule has 0 saturated carbocycles. The molecule has 6 aromatic carbocycles. The van der Waals surface area contributed by atoms with Crippen LogP contribution in [0.25, 0.3) is 72.7 Å². The molecule has 4 nitrogen and oxygen atoms in total. The van der Waals surface area contributed by atoms with Crippen molar-refractivity contribution < 1.29 is 39.9 Å². The molecular weight excluding hydrogens is 1030 g/mol. The summed E-state index contributed by atoms with van der Waals surface area (Å²) in [5.41, 5.74) is 9.30. The van der Waals surface area contributed by atoms with Crippen LogP contribution in [0.1, 0.15) is 170 Å². The van der Waals surface area contributed by atoms with Crippen molar-refractivity contribution >= 4 is 11.0 Å². The monoisotopic (exact) mass is 1120 g/mol. The number of hydrogen-bond acceptors (Lipinski definition) is 3. The van der Waals surface area contributed by atoms with Crippen molar-refractivity contribution in [2.75, 3.05) is 0 Å². The third-order valence-corrected chi connectivity index (χ3v) is 13.3. The number of nitrogens with zero attached hydrogens (tertiary/aromatic N) is 3. The van der Waals surface area contributed by atoms with Gasteiger partial charge in [0, 0.05) is 52.2 Å². The van der Waals surface area contributed by atoms with Gasteiger partial charge < -0.3 is 5.11 Å². The predicted octanol–water partition coefficient (Wildman–Crippen LogP) is 17.9. The van der Waals surface area contributed by atoms with Crippen molar-refractivity contribution in [3.63, 3.8) is 0 Å². The van der Waals surface area contributed by atoms with Crippen molar-refractivity contribution in [1.82, 2.24) is 14.5 Å². The fourth-order valence-electron chi connectivity index (χ4n) is 8.89. The third kappa shape index (κ3) is 10.6. The van der Waals surface area contributed by atoms with Crippen LogP contribution in [0.4, 0.5) is 0 Å². The average Bonchev–Trinajstić information content (AvgIpc) is 3.71.